The highest BCUT2D eigenvalue weighted by Crippen LogP contribution is 2.31. The van der Waals surface area contributed by atoms with E-state index in [1.54, 1.807) is 28.5 Å². The van der Waals surface area contributed by atoms with Gasteiger partial charge in [0.05, 0.1) is 14.2 Å². The van der Waals surface area contributed by atoms with Gasteiger partial charge >= 0.3 is 6.09 Å². The predicted octanol–water partition coefficient (Wildman–Crippen LogP) is 4.58. The van der Waals surface area contributed by atoms with Crippen LogP contribution < -0.4 is 5.32 Å². The Morgan fingerprint density at radius 1 is 1.32 bits per heavy atom. The first kappa shape index (κ1) is 21.8. The van der Waals surface area contributed by atoms with Crippen LogP contribution in [0.15, 0.2) is 28.2 Å². The molecule has 4 heterocycles. The molecule has 1 aliphatic rings. The zero-order chi connectivity index (χ0) is 22.2. The van der Waals surface area contributed by atoms with Crippen LogP contribution in [-0.2, 0) is 4.74 Å². The number of aromatic amines is 1. The van der Waals surface area contributed by atoms with E-state index in [1.807, 2.05) is 32.9 Å². The van der Waals surface area contributed by atoms with Gasteiger partial charge in [-0.05, 0) is 67.7 Å². The molecule has 0 saturated carbocycles. The van der Waals surface area contributed by atoms with Crippen molar-refractivity contribution in [2.45, 2.75) is 45.3 Å². The number of piperidine rings is 1. The van der Waals surface area contributed by atoms with Gasteiger partial charge in [0.1, 0.15) is 16.9 Å². The number of amides is 2. The van der Waals surface area contributed by atoms with Gasteiger partial charge in [0, 0.05) is 25.3 Å². The zero-order valence-corrected chi connectivity index (χ0v) is 20.0. The molecule has 0 aliphatic carbocycles. The number of carbonyl (C=O) groups excluding carboxylic acids is 2. The van der Waals surface area contributed by atoms with Gasteiger partial charge in [-0.3, -0.25) is 4.79 Å². The number of halogens is 1. The van der Waals surface area contributed by atoms with E-state index in [1.165, 1.54) is 0 Å². The highest BCUT2D eigenvalue weighted by Gasteiger charge is 2.29. The number of nitrogens with one attached hydrogen (secondary N) is 2. The van der Waals surface area contributed by atoms with E-state index in [2.05, 4.69) is 36.2 Å². The number of nitrogens with zero attached hydrogens (tertiary/aromatic N) is 3. The molecule has 0 spiro atoms. The summed E-state index contributed by atoms with van der Waals surface area (Å²) in [5, 5.41) is 3.05. The standard InChI is InChI=1S/C21H24BrN5O3S/c1-21(2,3)30-20(29)27-10-4-5-12(11-27)24-19(28)13-8-9-23-18-16(13)25-17(26-18)14-6-7-15(22)31-14/h6-9,12H,4-5,10-11H2,1-3H3,(H,24,28)(H,23,25,26)/t12-/m0/s1. The van der Waals surface area contributed by atoms with Crippen LogP contribution in [0.2, 0.25) is 0 Å². The Hall–Kier alpha value is -2.46. The number of hydrogen-bond donors (Lipinski definition) is 2. The van der Waals surface area contributed by atoms with Crippen molar-refractivity contribution in [3.63, 3.8) is 0 Å². The number of carbonyl (C=O) groups is 2. The molecule has 1 saturated heterocycles. The molecule has 0 bridgehead atoms. The van der Waals surface area contributed by atoms with E-state index in [0.717, 1.165) is 21.5 Å². The maximum Gasteiger partial charge on any atom is 0.410 e. The van der Waals surface area contributed by atoms with Crippen LogP contribution in [-0.4, -0.2) is 56.6 Å². The van der Waals surface area contributed by atoms with Gasteiger partial charge in [-0.2, -0.15) is 0 Å². The van der Waals surface area contributed by atoms with E-state index in [4.69, 9.17) is 4.74 Å². The van der Waals surface area contributed by atoms with Crippen molar-refractivity contribution in [3.8, 4) is 10.7 Å². The van der Waals surface area contributed by atoms with E-state index in [0.29, 0.717) is 35.6 Å². The number of pyridine rings is 1. The summed E-state index contributed by atoms with van der Waals surface area (Å²) in [6.45, 7) is 6.57. The molecule has 0 radical (unpaired) electrons. The lowest BCUT2D eigenvalue weighted by Crippen LogP contribution is -2.50. The number of likely N-dealkylation sites (tertiary alicyclic amines) is 1. The van der Waals surface area contributed by atoms with Gasteiger partial charge in [-0.1, -0.05) is 0 Å². The highest BCUT2D eigenvalue weighted by atomic mass is 79.9. The summed E-state index contributed by atoms with van der Waals surface area (Å²) in [6, 6.07) is 5.43. The molecule has 3 aromatic heterocycles. The van der Waals surface area contributed by atoms with Crippen LogP contribution in [0.25, 0.3) is 21.9 Å². The number of hydrogen-bond acceptors (Lipinski definition) is 6. The van der Waals surface area contributed by atoms with Crippen LogP contribution in [0.4, 0.5) is 4.79 Å². The summed E-state index contributed by atoms with van der Waals surface area (Å²) in [6.07, 6.45) is 2.85. The Morgan fingerprint density at radius 3 is 2.84 bits per heavy atom. The van der Waals surface area contributed by atoms with Gasteiger partial charge in [0.2, 0.25) is 0 Å². The lowest BCUT2D eigenvalue weighted by atomic mass is 10.1. The van der Waals surface area contributed by atoms with Crippen LogP contribution >= 0.6 is 27.3 Å². The Bertz CT molecular complexity index is 1120. The SMILES string of the molecule is CC(C)(C)OC(=O)N1CCC[C@H](NC(=O)c2ccnc3[nH]c(-c4ccc(Br)s4)nc23)C1. The Labute approximate surface area is 192 Å². The molecule has 2 amide bonds. The summed E-state index contributed by atoms with van der Waals surface area (Å²) in [7, 11) is 0. The Balaban J connectivity index is 1.49. The van der Waals surface area contributed by atoms with Crippen molar-refractivity contribution in [2.24, 2.45) is 0 Å². The molecule has 1 atom stereocenters. The van der Waals surface area contributed by atoms with Crippen LogP contribution in [0, 0.1) is 0 Å². The summed E-state index contributed by atoms with van der Waals surface area (Å²) in [5.74, 6) is 0.445. The molecule has 1 fully saturated rings. The van der Waals surface area contributed by atoms with Crippen molar-refractivity contribution in [1.82, 2.24) is 25.2 Å². The lowest BCUT2D eigenvalue weighted by Gasteiger charge is -2.34. The fourth-order valence-corrected chi connectivity index (χ4v) is 4.83. The summed E-state index contributed by atoms with van der Waals surface area (Å²) in [4.78, 5) is 40.2. The van der Waals surface area contributed by atoms with Gasteiger partial charge < -0.3 is 19.9 Å². The maximum absolute atomic E-state index is 13.0. The second-order valence-corrected chi connectivity index (χ2v) is 10.9. The maximum atomic E-state index is 13.0. The van der Waals surface area contributed by atoms with Crippen molar-refractivity contribution < 1.29 is 14.3 Å². The van der Waals surface area contributed by atoms with Crippen molar-refractivity contribution in [2.75, 3.05) is 13.1 Å². The van der Waals surface area contributed by atoms with E-state index in [-0.39, 0.29) is 18.0 Å². The number of rotatable bonds is 3. The summed E-state index contributed by atoms with van der Waals surface area (Å²) >= 11 is 5.01. The minimum atomic E-state index is -0.550. The first-order valence-corrected chi connectivity index (χ1v) is 11.7. The Kier molecular flexibility index (Phi) is 6.02. The van der Waals surface area contributed by atoms with Crippen LogP contribution in [0.3, 0.4) is 0 Å². The average Bonchev–Trinajstić information content (AvgIpc) is 3.32. The second kappa shape index (κ2) is 8.58. The molecule has 31 heavy (non-hydrogen) atoms. The van der Waals surface area contributed by atoms with Gasteiger partial charge in [-0.15, -0.1) is 11.3 Å². The molecule has 0 unspecified atom stereocenters. The van der Waals surface area contributed by atoms with Crippen LogP contribution in [0.5, 0.6) is 0 Å². The fraction of sp³-hybridized carbons (Fsp3) is 0.429. The van der Waals surface area contributed by atoms with E-state index >= 15 is 0 Å². The number of fused-ring (bicyclic) bond motifs is 1. The molecule has 10 heteroatoms. The fourth-order valence-electron chi connectivity index (χ4n) is 3.50. The number of ether oxygens (including phenoxy) is 1. The largest absolute Gasteiger partial charge is 0.444 e. The predicted molar refractivity (Wildman–Crippen MR) is 123 cm³/mol. The summed E-state index contributed by atoms with van der Waals surface area (Å²) < 4.78 is 6.47. The number of imidazole rings is 1. The molecule has 0 aromatic carbocycles. The van der Waals surface area contributed by atoms with Crippen molar-refractivity contribution in [1.29, 1.82) is 0 Å². The molecular weight excluding hydrogens is 482 g/mol. The third kappa shape index (κ3) is 5.07. The van der Waals surface area contributed by atoms with Gasteiger partial charge in [0.15, 0.2) is 5.65 Å². The topological polar surface area (TPSA) is 100 Å². The second-order valence-electron chi connectivity index (χ2n) is 8.48. The number of H-pyrrole nitrogens is 1. The van der Waals surface area contributed by atoms with Crippen molar-refractivity contribution in [3.05, 3.63) is 33.7 Å². The summed E-state index contributed by atoms with van der Waals surface area (Å²) in [5.41, 5.74) is 0.995. The number of aromatic nitrogens is 3. The zero-order valence-electron chi connectivity index (χ0n) is 17.6. The average molecular weight is 506 g/mol. The smallest absolute Gasteiger partial charge is 0.410 e. The van der Waals surface area contributed by atoms with Crippen LogP contribution in [0.1, 0.15) is 44.0 Å². The molecule has 164 valence electrons. The van der Waals surface area contributed by atoms with Gasteiger partial charge in [-0.25, -0.2) is 14.8 Å². The Morgan fingerprint density at radius 2 is 2.13 bits per heavy atom. The highest BCUT2D eigenvalue weighted by molar-refractivity contribution is 9.11. The lowest BCUT2D eigenvalue weighted by molar-refractivity contribution is 0.0185. The van der Waals surface area contributed by atoms with Crippen molar-refractivity contribution >= 4 is 50.4 Å². The minimum absolute atomic E-state index is 0.149. The molecular formula is C21H24BrN5O3S. The minimum Gasteiger partial charge on any atom is -0.444 e. The molecule has 2 N–H and O–H groups in total. The molecule has 3 aromatic rings. The molecule has 4 rings (SSSR count). The third-order valence-corrected chi connectivity index (χ3v) is 6.47. The third-order valence-electron chi connectivity index (χ3n) is 4.84. The number of thiophene rings is 1. The molecule has 1 aliphatic heterocycles. The normalized spacial score (nSPS) is 17.0. The monoisotopic (exact) mass is 505 g/mol. The van der Waals surface area contributed by atoms with Gasteiger partial charge in [0.25, 0.3) is 5.91 Å². The molecule has 8 nitrogen and oxygen atoms in total. The quantitative estimate of drug-likeness (QED) is 0.542. The van der Waals surface area contributed by atoms with E-state index in [9.17, 15) is 9.59 Å². The van der Waals surface area contributed by atoms with E-state index < -0.39 is 5.60 Å². The first-order valence-electron chi connectivity index (χ1n) is 10.1. The first-order chi connectivity index (χ1) is 14.7.